The van der Waals surface area contributed by atoms with Gasteiger partial charge in [-0.25, -0.2) is 4.98 Å². The van der Waals surface area contributed by atoms with Crippen LogP contribution in [0.3, 0.4) is 0 Å². The minimum Gasteiger partial charge on any atom is -0.481 e. The maximum Gasteiger partial charge on any atom is 0.417 e. The number of pyridine rings is 1. The summed E-state index contributed by atoms with van der Waals surface area (Å²) in [6.45, 7) is 1.94. The van der Waals surface area contributed by atoms with Crippen LogP contribution in [0, 0.1) is 12.8 Å². The molecule has 1 aliphatic carbocycles. The number of benzene rings is 1. The molecule has 138 valence electrons. The van der Waals surface area contributed by atoms with Gasteiger partial charge in [0.25, 0.3) is 0 Å². The molecule has 26 heavy (non-hydrogen) atoms. The topological polar surface area (TPSA) is 51.2 Å². The lowest BCUT2D eigenvalue weighted by Gasteiger charge is -2.12. The van der Waals surface area contributed by atoms with Crippen molar-refractivity contribution in [3.8, 4) is 5.88 Å². The number of amides is 1. The van der Waals surface area contributed by atoms with Gasteiger partial charge in [0.1, 0.15) is 0 Å². The number of ether oxygens (including phenoxy) is 1. The fourth-order valence-corrected chi connectivity index (χ4v) is 2.94. The van der Waals surface area contributed by atoms with E-state index in [2.05, 4.69) is 10.3 Å². The van der Waals surface area contributed by atoms with Crippen LogP contribution in [0.25, 0.3) is 0 Å². The molecule has 1 heterocycles. The maximum absolute atomic E-state index is 12.8. The van der Waals surface area contributed by atoms with E-state index in [9.17, 15) is 18.0 Å². The number of rotatable bonds is 5. The van der Waals surface area contributed by atoms with Crippen molar-refractivity contribution in [1.29, 1.82) is 0 Å². The Morgan fingerprint density at radius 2 is 2.00 bits per heavy atom. The Balaban J connectivity index is 1.64. The van der Waals surface area contributed by atoms with Crippen LogP contribution >= 0.6 is 0 Å². The first-order chi connectivity index (χ1) is 12.3. The van der Waals surface area contributed by atoms with Gasteiger partial charge in [0.2, 0.25) is 11.8 Å². The summed E-state index contributed by atoms with van der Waals surface area (Å²) in [5.74, 6) is -0.0844. The molecule has 1 amide bonds. The Morgan fingerprint density at radius 3 is 2.62 bits per heavy atom. The lowest BCUT2D eigenvalue weighted by atomic mass is 10.1. The summed E-state index contributed by atoms with van der Waals surface area (Å²) in [5, 5.41) is 2.70. The predicted octanol–water partition coefficient (Wildman–Crippen LogP) is 3.84. The van der Waals surface area contributed by atoms with Crippen LogP contribution in [0.1, 0.15) is 34.6 Å². The van der Waals surface area contributed by atoms with E-state index in [4.69, 9.17) is 4.74 Å². The molecule has 1 aliphatic rings. The van der Waals surface area contributed by atoms with Gasteiger partial charge < -0.3 is 10.1 Å². The van der Waals surface area contributed by atoms with Crippen LogP contribution in [0.2, 0.25) is 0 Å². The molecule has 1 N–H and O–H groups in total. The second-order valence-electron chi connectivity index (χ2n) is 6.47. The van der Waals surface area contributed by atoms with Crippen molar-refractivity contribution in [3.05, 3.63) is 58.8 Å². The van der Waals surface area contributed by atoms with E-state index in [1.807, 2.05) is 31.2 Å². The van der Waals surface area contributed by atoms with Gasteiger partial charge in [-0.1, -0.05) is 29.8 Å². The molecule has 0 saturated heterocycles. The molecule has 1 saturated carbocycles. The average Bonchev–Trinajstić information content (AvgIpc) is 3.40. The van der Waals surface area contributed by atoms with E-state index < -0.39 is 11.7 Å². The van der Waals surface area contributed by atoms with Crippen LogP contribution in [-0.2, 0) is 17.5 Å². The largest absolute Gasteiger partial charge is 0.481 e. The quantitative estimate of drug-likeness (QED) is 0.877. The second-order valence-corrected chi connectivity index (χ2v) is 6.47. The standard InChI is InChI=1S/C19H19F3N2O2/c1-11-3-5-12(6-4-11)15-8-16(15)17(25)23-9-13-7-14(19(20,21)22)10-24-18(13)26-2/h3-7,10,15-16H,8-9H2,1-2H3,(H,23,25). The van der Waals surface area contributed by atoms with Gasteiger partial charge in [0.15, 0.2) is 0 Å². The molecular formula is C19H19F3N2O2. The first kappa shape index (κ1) is 18.2. The van der Waals surface area contributed by atoms with Gasteiger partial charge in [-0.05, 0) is 30.9 Å². The number of aromatic nitrogens is 1. The number of hydrogen-bond acceptors (Lipinski definition) is 3. The third kappa shape index (κ3) is 3.98. The highest BCUT2D eigenvalue weighted by Crippen LogP contribution is 2.47. The Labute approximate surface area is 149 Å². The molecule has 2 aromatic rings. The molecule has 2 unspecified atom stereocenters. The Hall–Kier alpha value is -2.57. The zero-order valence-corrected chi connectivity index (χ0v) is 14.4. The molecule has 0 aliphatic heterocycles. The smallest absolute Gasteiger partial charge is 0.417 e. The number of carbonyl (C=O) groups excluding carboxylic acids is 1. The van der Waals surface area contributed by atoms with Gasteiger partial charge in [0.05, 0.1) is 12.7 Å². The average molecular weight is 364 g/mol. The van der Waals surface area contributed by atoms with Crippen molar-refractivity contribution in [1.82, 2.24) is 10.3 Å². The van der Waals surface area contributed by atoms with E-state index in [0.29, 0.717) is 0 Å². The molecule has 0 spiro atoms. The monoisotopic (exact) mass is 364 g/mol. The SMILES string of the molecule is COc1ncc(C(F)(F)F)cc1CNC(=O)C1CC1c1ccc(C)cc1. The fourth-order valence-electron chi connectivity index (χ4n) is 2.94. The predicted molar refractivity (Wildman–Crippen MR) is 89.7 cm³/mol. The molecule has 3 rings (SSSR count). The lowest BCUT2D eigenvalue weighted by Crippen LogP contribution is -2.25. The van der Waals surface area contributed by atoms with Crippen LogP contribution < -0.4 is 10.1 Å². The van der Waals surface area contributed by atoms with Crippen LogP contribution in [0.5, 0.6) is 5.88 Å². The highest BCUT2D eigenvalue weighted by molar-refractivity contribution is 5.82. The van der Waals surface area contributed by atoms with Gasteiger partial charge in [-0.3, -0.25) is 4.79 Å². The number of alkyl halides is 3. The minimum absolute atomic E-state index is 0.0595. The summed E-state index contributed by atoms with van der Waals surface area (Å²) in [4.78, 5) is 16.0. The number of nitrogens with one attached hydrogen (secondary N) is 1. The first-order valence-electron chi connectivity index (χ1n) is 8.24. The summed E-state index contributed by atoms with van der Waals surface area (Å²) in [5.41, 5.74) is 1.59. The number of methoxy groups -OCH3 is 1. The zero-order valence-electron chi connectivity index (χ0n) is 14.4. The van der Waals surface area contributed by atoms with Crippen molar-refractivity contribution in [2.45, 2.75) is 32.0 Å². The summed E-state index contributed by atoms with van der Waals surface area (Å²) >= 11 is 0. The van der Waals surface area contributed by atoms with E-state index in [1.165, 1.54) is 7.11 Å². The molecule has 1 fully saturated rings. The molecule has 1 aromatic carbocycles. The van der Waals surface area contributed by atoms with Gasteiger partial charge in [-0.15, -0.1) is 0 Å². The lowest BCUT2D eigenvalue weighted by molar-refractivity contribution is -0.137. The number of hydrogen-bond donors (Lipinski definition) is 1. The summed E-state index contributed by atoms with van der Waals surface area (Å²) in [7, 11) is 1.33. The maximum atomic E-state index is 12.8. The first-order valence-corrected chi connectivity index (χ1v) is 8.24. The number of halogens is 3. The molecule has 2 atom stereocenters. The van der Waals surface area contributed by atoms with E-state index >= 15 is 0 Å². The minimum atomic E-state index is -4.49. The fraction of sp³-hybridized carbons (Fsp3) is 0.368. The van der Waals surface area contributed by atoms with E-state index in [-0.39, 0.29) is 35.7 Å². The van der Waals surface area contributed by atoms with Crippen molar-refractivity contribution >= 4 is 5.91 Å². The van der Waals surface area contributed by atoms with Crippen LogP contribution in [0.15, 0.2) is 36.5 Å². The van der Waals surface area contributed by atoms with Crippen molar-refractivity contribution < 1.29 is 22.7 Å². The van der Waals surface area contributed by atoms with Gasteiger partial charge in [0, 0.05) is 24.2 Å². The Bertz CT molecular complexity index is 803. The third-order valence-corrected chi connectivity index (χ3v) is 4.53. The van der Waals surface area contributed by atoms with Gasteiger partial charge >= 0.3 is 6.18 Å². The highest BCUT2D eigenvalue weighted by Gasteiger charge is 2.43. The molecule has 7 heteroatoms. The summed E-state index contributed by atoms with van der Waals surface area (Å²) in [6, 6.07) is 8.97. The number of carbonyl (C=O) groups is 1. The molecule has 0 bridgehead atoms. The zero-order chi connectivity index (χ0) is 18.9. The number of aryl methyl sites for hydroxylation is 1. The van der Waals surface area contributed by atoms with Crippen LogP contribution in [-0.4, -0.2) is 18.0 Å². The highest BCUT2D eigenvalue weighted by atomic mass is 19.4. The summed E-state index contributed by atoms with van der Waals surface area (Å²) < 4.78 is 43.5. The van der Waals surface area contributed by atoms with Crippen molar-refractivity contribution in [2.75, 3.05) is 7.11 Å². The second kappa shape index (κ2) is 6.97. The molecule has 0 radical (unpaired) electrons. The molecular weight excluding hydrogens is 345 g/mol. The Kier molecular flexibility index (Phi) is 4.89. The van der Waals surface area contributed by atoms with E-state index in [1.54, 1.807) is 0 Å². The number of nitrogens with zero attached hydrogens (tertiary/aromatic N) is 1. The van der Waals surface area contributed by atoms with Gasteiger partial charge in [-0.2, -0.15) is 13.2 Å². The summed E-state index contributed by atoms with van der Waals surface area (Å²) in [6.07, 6.45) is -3.03. The van der Waals surface area contributed by atoms with Crippen molar-refractivity contribution in [3.63, 3.8) is 0 Å². The Morgan fingerprint density at radius 1 is 1.31 bits per heavy atom. The molecule has 4 nitrogen and oxygen atoms in total. The van der Waals surface area contributed by atoms with Crippen molar-refractivity contribution in [2.24, 2.45) is 5.92 Å². The molecule has 1 aromatic heterocycles. The van der Waals surface area contributed by atoms with Crippen LogP contribution in [0.4, 0.5) is 13.2 Å². The third-order valence-electron chi connectivity index (χ3n) is 4.53. The normalized spacial score (nSPS) is 19.1. The van der Waals surface area contributed by atoms with E-state index in [0.717, 1.165) is 29.8 Å².